The van der Waals surface area contributed by atoms with Crippen LogP contribution in [-0.4, -0.2) is 0 Å². The van der Waals surface area contributed by atoms with Crippen molar-refractivity contribution in [3.63, 3.8) is 0 Å². The first-order valence-electron chi connectivity index (χ1n) is 8.23. The van der Waals surface area contributed by atoms with Gasteiger partial charge in [-0.15, -0.1) is 0 Å². The molecule has 20 heavy (non-hydrogen) atoms. The Morgan fingerprint density at radius 2 is 1.40 bits per heavy atom. The van der Waals surface area contributed by atoms with Crippen molar-refractivity contribution >= 4 is 0 Å². The molecule has 0 fully saturated rings. The first kappa shape index (κ1) is 9.55. The third kappa shape index (κ3) is 2.37. The van der Waals surface area contributed by atoms with Gasteiger partial charge in [0.2, 0.25) is 0 Å². The Balaban J connectivity index is 2.10. The Labute approximate surface area is 124 Å². The zero-order chi connectivity index (χ0) is 16.4. The molecule has 0 aliphatic heterocycles. The minimum atomic E-state index is -2.09. The fourth-order valence-electron chi connectivity index (χ4n) is 2.45. The van der Waals surface area contributed by atoms with Crippen LogP contribution in [0.25, 0.3) is 22.3 Å². The SMILES string of the molecule is [2H]C([2H])([2H])c1cccc(-c2cccc(-c3ccccc3)c2)c1C. The minimum Gasteiger partial charge on any atom is -0.0622 e. The lowest BCUT2D eigenvalue weighted by molar-refractivity contribution is 1.34. The number of hydrogen-bond acceptors (Lipinski definition) is 0. The summed E-state index contributed by atoms with van der Waals surface area (Å²) in [5, 5.41) is 0. The summed E-state index contributed by atoms with van der Waals surface area (Å²) in [4.78, 5) is 0. The van der Waals surface area contributed by atoms with Crippen LogP contribution in [0.2, 0.25) is 0 Å². The van der Waals surface area contributed by atoms with Crippen LogP contribution in [-0.2, 0) is 0 Å². The summed E-state index contributed by atoms with van der Waals surface area (Å²) in [7, 11) is 0. The van der Waals surface area contributed by atoms with Gasteiger partial charge in [-0.3, -0.25) is 0 Å². The Bertz CT molecular complexity index is 818. The molecule has 0 amide bonds. The normalized spacial score (nSPS) is 13.3. The van der Waals surface area contributed by atoms with Gasteiger partial charge in [-0.1, -0.05) is 66.7 Å². The molecule has 0 heteroatoms. The lowest BCUT2D eigenvalue weighted by Crippen LogP contribution is -1.87. The molecule has 0 aliphatic rings. The summed E-state index contributed by atoms with van der Waals surface area (Å²) >= 11 is 0. The molecule has 0 N–H and O–H groups in total. The van der Waals surface area contributed by atoms with Crippen LogP contribution < -0.4 is 0 Å². The van der Waals surface area contributed by atoms with Gasteiger partial charge in [0.25, 0.3) is 0 Å². The van der Waals surface area contributed by atoms with Crippen molar-refractivity contribution in [3.05, 3.63) is 83.9 Å². The van der Waals surface area contributed by atoms with Crippen molar-refractivity contribution in [2.75, 3.05) is 0 Å². The molecule has 0 saturated carbocycles. The van der Waals surface area contributed by atoms with Crippen LogP contribution in [0.5, 0.6) is 0 Å². The lowest BCUT2D eigenvalue weighted by atomic mass is 9.94. The molecule has 0 aromatic heterocycles. The maximum Gasteiger partial charge on any atom is 0.0280 e. The second kappa shape index (κ2) is 5.34. The Kier molecular flexibility index (Phi) is 2.55. The minimum absolute atomic E-state index is 0.417. The van der Waals surface area contributed by atoms with E-state index in [2.05, 4.69) is 24.3 Å². The Hall–Kier alpha value is -2.34. The fraction of sp³-hybridized carbons (Fsp3) is 0.100. The molecule has 0 spiro atoms. The summed E-state index contributed by atoms with van der Waals surface area (Å²) in [6, 6.07) is 23.9. The predicted octanol–water partition coefficient (Wildman–Crippen LogP) is 5.64. The van der Waals surface area contributed by atoms with E-state index in [1.54, 1.807) is 6.07 Å². The predicted molar refractivity (Wildman–Crippen MR) is 86.8 cm³/mol. The molecule has 0 saturated heterocycles. The second-order valence-electron chi connectivity index (χ2n) is 4.92. The van der Waals surface area contributed by atoms with E-state index >= 15 is 0 Å². The Morgan fingerprint density at radius 1 is 0.700 bits per heavy atom. The highest BCUT2D eigenvalue weighted by Gasteiger charge is 2.05. The lowest BCUT2D eigenvalue weighted by Gasteiger charge is -2.10. The molecular formula is C20H18. The Morgan fingerprint density at radius 3 is 2.20 bits per heavy atom. The third-order valence-corrected chi connectivity index (χ3v) is 3.61. The zero-order valence-electron chi connectivity index (χ0n) is 14.4. The van der Waals surface area contributed by atoms with Gasteiger partial charge in [0, 0.05) is 4.11 Å². The molecular weight excluding hydrogens is 240 g/mol. The van der Waals surface area contributed by atoms with Crippen LogP contribution in [0.1, 0.15) is 15.2 Å². The van der Waals surface area contributed by atoms with Gasteiger partial charge in [-0.2, -0.15) is 0 Å². The molecule has 0 nitrogen and oxygen atoms in total. The van der Waals surface area contributed by atoms with Gasteiger partial charge >= 0.3 is 0 Å². The molecule has 0 unspecified atom stereocenters. The topological polar surface area (TPSA) is 0 Å². The van der Waals surface area contributed by atoms with E-state index < -0.39 is 6.85 Å². The van der Waals surface area contributed by atoms with Crippen molar-refractivity contribution in [2.24, 2.45) is 0 Å². The van der Waals surface area contributed by atoms with E-state index in [0.717, 1.165) is 27.8 Å². The molecule has 3 aromatic rings. The summed E-state index contributed by atoms with van der Waals surface area (Å²) in [5.41, 5.74) is 5.52. The molecule has 0 aliphatic carbocycles. The largest absolute Gasteiger partial charge is 0.0622 e. The average Bonchev–Trinajstić information content (AvgIpc) is 2.55. The first-order valence-corrected chi connectivity index (χ1v) is 6.73. The van der Waals surface area contributed by atoms with Gasteiger partial charge in [-0.25, -0.2) is 0 Å². The summed E-state index contributed by atoms with van der Waals surface area (Å²) in [6.45, 7) is -0.205. The number of aryl methyl sites for hydroxylation is 1. The van der Waals surface area contributed by atoms with E-state index in [9.17, 15) is 0 Å². The van der Waals surface area contributed by atoms with Crippen molar-refractivity contribution in [2.45, 2.75) is 13.8 Å². The average molecular weight is 261 g/mol. The van der Waals surface area contributed by atoms with E-state index in [4.69, 9.17) is 4.11 Å². The van der Waals surface area contributed by atoms with E-state index in [0.29, 0.717) is 5.56 Å². The van der Waals surface area contributed by atoms with Crippen LogP contribution in [0.3, 0.4) is 0 Å². The van der Waals surface area contributed by atoms with Gasteiger partial charge in [0.05, 0.1) is 0 Å². The van der Waals surface area contributed by atoms with Gasteiger partial charge in [-0.05, 0) is 53.2 Å². The highest BCUT2D eigenvalue weighted by molar-refractivity contribution is 5.75. The van der Waals surface area contributed by atoms with Gasteiger partial charge < -0.3 is 0 Å². The zero-order valence-corrected chi connectivity index (χ0v) is 11.4. The molecule has 0 heterocycles. The first-order chi connectivity index (χ1) is 11.0. The van der Waals surface area contributed by atoms with Gasteiger partial charge in [0.1, 0.15) is 0 Å². The van der Waals surface area contributed by atoms with Crippen molar-refractivity contribution in [3.8, 4) is 22.3 Å². The summed E-state index contributed by atoms with van der Waals surface area (Å²) in [5.74, 6) is 0. The highest BCUT2D eigenvalue weighted by atomic mass is 14.1. The molecule has 98 valence electrons. The smallest absolute Gasteiger partial charge is 0.0280 e. The summed E-state index contributed by atoms with van der Waals surface area (Å²) < 4.78 is 23.0. The fourth-order valence-corrected chi connectivity index (χ4v) is 2.45. The van der Waals surface area contributed by atoms with Gasteiger partial charge in [0.15, 0.2) is 0 Å². The third-order valence-electron chi connectivity index (χ3n) is 3.61. The molecule has 0 bridgehead atoms. The van der Waals surface area contributed by atoms with Crippen molar-refractivity contribution in [1.82, 2.24) is 0 Å². The standard InChI is InChI=1S/C20H18/c1-15-8-6-13-20(16(15)2)19-12-7-11-18(14-19)17-9-4-3-5-10-17/h3-14H,1-2H3/i1D3. The maximum atomic E-state index is 7.68. The molecule has 0 radical (unpaired) electrons. The molecule has 0 atom stereocenters. The monoisotopic (exact) mass is 261 g/mol. The summed E-state index contributed by atoms with van der Waals surface area (Å²) in [6.07, 6.45) is 0. The number of rotatable bonds is 2. The van der Waals surface area contributed by atoms with Crippen LogP contribution >= 0.6 is 0 Å². The van der Waals surface area contributed by atoms with Crippen LogP contribution in [0, 0.1) is 13.8 Å². The second-order valence-corrected chi connectivity index (χ2v) is 4.92. The van der Waals surface area contributed by atoms with Crippen LogP contribution in [0.15, 0.2) is 72.8 Å². The quantitative estimate of drug-likeness (QED) is 0.560. The van der Waals surface area contributed by atoms with E-state index in [-0.39, 0.29) is 0 Å². The number of benzene rings is 3. The van der Waals surface area contributed by atoms with Crippen molar-refractivity contribution < 1.29 is 4.11 Å². The highest BCUT2D eigenvalue weighted by Crippen LogP contribution is 2.29. The van der Waals surface area contributed by atoms with E-state index in [1.807, 2.05) is 49.4 Å². The van der Waals surface area contributed by atoms with Crippen molar-refractivity contribution in [1.29, 1.82) is 0 Å². The maximum absolute atomic E-state index is 7.68. The van der Waals surface area contributed by atoms with E-state index in [1.165, 1.54) is 0 Å². The molecule has 3 rings (SSSR count). The van der Waals surface area contributed by atoms with Crippen LogP contribution in [0.4, 0.5) is 0 Å². The molecule has 3 aromatic carbocycles. The number of hydrogen-bond donors (Lipinski definition) is 0.